The molecule has 204 valence electrons. The molecule has 0 heterocycles. The van der Waals surface area contributed by atoms with E-state index in [0.29, 0.717) is 0 Å². The minimum atomic E-state index is 0.160. The van der Waals surface area contributed by atoms with Gasteiger partial charge in [-0.15, -0.1) is 0 Å². The zero-order valence-corrected chi connectivity index (χ0v) is 26.3. The molecule has 0 N–H and O–H groups in total. The summed E-state index contributed by atoms with van der Waals surface area (Å²) in [6.07, 6.45) is 0. The van der Waals surface area contributed by atoms with Crippen LogP contribution in [0.2, 0.25) is 0 Å². The van der Waals surface area contributed by atoms with E-state index in [4.69, 9.17) is 0 Å². The third-order valence-electron chi connectivity index (χ3n) is 8.99. The van der Waals surface area contributed by atoms with Crippen LogP contribution >= 0.6 is 0 Å². The highest BCUT2D eigenvalue weighted by Gasteiger charge is 2.33. The van der Waals surface area contributed by atoms with Crippen molar-refractivity contribution in [3.8, 4) is 0 Å². The summed E-state index contributed by atoms with van der Waals surface area (Å²) in [6.45, 7) is 20.9. The van der Waals surface area contributed by atoms with Gasteiger partial charge in [-0.2, -0.15) is 0 Å². The summed E-state index contributed by atoms with van der Waals surface area (Å²) in [5, 5.41) is 0. The lowest BCUT2D eigenvalue weighted by atomic mass is 9.30. The molecule has 0 unspecified atom stereocenters. The van der Waals surface area contributed by atoms with E-state index >= 15 is 0 Å². The van der Waals surface area contributed by atoms with Crippen molar-refractivity contribution >= 4 is 46.2 Å². The van der Waals surface area contributed by atoms with Crippen LogP contribution in [-0.2, 0) is 0 Å². The van der Waals surface area contributed by atoms with Crippen molar-refractivity contribution in [2.75, 3.05) is 0 Å². The van der Waals surface area contributed by atoms with Gasteiger partial charge in [0.1, 0.15) is 0 Å². The van der Waals surface area contributed by atoms with Gasteiger partial charge in [0.05, 0.1) is 0 Å². The normalized spacial score (nSPS) is 11.0. The highest BCUT2D eigenvalue weighted by molar-refractivity contribution is 6.99. The summed E-state index contributed by atoms with van der Waals surface area (Å²) in [7, 11) is 0. The summed E-state index contributed by atoms with van der Waals surface area (Å²) in [4.78, 5) is 0. The van der Waals surface area contributed by atoms with Gasteiger partial charge < -0.3 is 0 Å². The topological polar surface area (TPSA) is 0 Å². The zero-order valence-electron chi connectivity index (χ0n) is 26.3. The van der Waals surface area contributed by atoms with Crippen LogP contribution in [-0.4, -0.2) is 13.4 Å². The Morgan fingerprint density at radius 2 is 0.634 bits per heavy atom. The van der Waals surface area contributed by atoms with Crippen LogP contribution in [0, 0.1) is 62.3 Å². The molecule has 0 aliphatic rings. The fourth-order valence-electron chi connectivity index (χ4n) is 7.64. The maximum atomic E-state index is 2.45. The predicted molar refractivity (Wildman–Crippen MR) is 184 cm³/mol. The minimum absolute atomic E-state index is 0.160. The van der Waals surface area contributed by atoms with Crippen LogP contribution < -0.4 is 32.8 Å². The molecule has 5 aromatic carbocycles. The van der Waals surface area contributed by atoms with Crippen molar-refractivity contribution in [1.29, 1.82) is 0 Å². The first kappa shape index (κ1) is 28.7. The average Bonchev–Trinajstić information content (AvgIpc) is 2.91. The molecule has 2 heteroatoms. The maximum absolute atomic E-state index is 2.45. The van der Waals surface area contributed by atoms with E-state index in [2.05, 4.69) is 153 Å². The lowest BCUT2D eigenvalue weighted by molar-refractivity contribution is 1.34. The van der Waals surface area contributed by atoms with Gasteiger partial charge in [-0.25, -0.2) is 0 Å². The van der Waals surface area contributed by atoms with Crippen LogP contribution in [0.1, 0.15) is 50.1 Å². The fourth-order valence-corrected chi connectivity index (χ4v) is 7.64. The molecular formula is C39H42B2. The highest BCUT2D eigenvalue weighted by Crippen LogP contribution is 2.15. The molecule has 0 saturated heterocycles. The van der Waals surface area contributed by atoms with Crippen molar-refractivity contribution in [2.45, 2.75) is 62.3 Å². The standard InChI is InChI=1S/C39H42B2/c1-25-20-27(3)36(28(4)21-25)40(34-16-12-10-13-17-34)38-31(7)24-32(8)39(33(38)9)41(35-18-14-11-15-19-35)37-29(5)22-26(2)23-30(37)6/h10-24H,1-9H3. The van der Waals surface area contributed by atoms with Crippen LogP contribution in [0.25, 0.3) is 0 Å². The molecule has 0 spiro atoms. The quantitative estimate of drug-likeness (QED) is 0.254. The van der Waals surface area contributed by atoms with Crippen LogP contribution in [0.3, 0.4) is 0 Å². The monoisotopic (exact) mass is 532 g/mol. The van der Waals surface area contributed by atoms with Gasteiger partial charge in [-0.1, -0.05) is 174 Å². The number of rotatable bonds is 6. The third-order valence-corrected chi connectivity index (χ3v) is 8.99. The molecule has 0 aliphatic carbocycles. The molecule has 0 saturated carbocycles. The van der Waals surface area contributed by atoms with E-state index in [0.717, 1.165) is 0 Å². The molecule has 5 rings (SSSR count). The molecule has 0 aromatic heterocycles. The number of aryl methyl sites for hydroxylation is 8. The fraction of sp³-hybridized carbons (Fsp3) is 0.231. The van der Waals surface area contributed by atoms with Gasteiger partial charge in [0, 0.05) is 0 Å². The van der Waals surface area contributed by atoms with Crippen LogP contribution in [0.5, 0.6) is 0 Å². The van der Waals surface area contributed by atoms with Crippen molar-refractivity contribution in [2.24, 2.45) is 0 Å². The van der Waals surface area contributed by atoms with Gasteiger partial charge in [-0.3, -0.25) is 0 Å². The SMILES string of the molecule is Cc1cc(C)c(B(c2ccccc2)c2c(C)cc(C)c(B(c3ccccc3)c3c(C)cc(C)cc3C)c2C)c(C)c1. The second-order valence-electron chi connectivity index (χ2n) is 12.3. The van der Waals surface area contributed by atoms with Crippen LogP contribution in [0.4, 0.5) is 0 Å². The molecular weight excluding hydrogens is 490 g/mol. The summed E-state index contributed by atoms with van der Waals surface area (Å²) in [5.74, 6) is 0. The van der Waals surface area contributed by atoms with Gasteiger partial charge in [0.15, 0.2) is 0 Å². The third kappa shape index (κ3) is 5.45. The molecule has 0 nitrogen and oxygen atoms in total. The van der Waals surface area contributed by atoms with Crippen molar-refractivity contribution in [3.63, 3.8) is 0 Å². The van der Waals surface area contributed by atoms with E-state index in [-0.39, 0.29) is 13.4 Å². The predicted octanol–water partition coefficient (Wildman–Crippen LogP) is 5.49. The highest BCUT2D eigenvalue weighted by atomic mass is 14.2. The average molecular weight is 532 g/mol. The van der Waals surface area contributed by atoms with Crippen molar-refractivity contribution in [1.82, 2.24) is 0 Å². The van der Waals surface area contributed by atoms with Gasteiger partial charge in [-0.05, 0) is 62.3 Å². The lowest BCUT2D eigenvalue weighted by Crippen LogP contribution is -2.61. The Morgan fingerprint density at radius 3 is 0.951 bits per heavy atom. The van der Waals surface area contributed by atoms with Gasteiger partial charge in [0.2, 0.25) is 13.4 Å². The molecule has 0 aliphatic heterocycles. The summed E-state index contributed by atoms with van der Waals surface area (Å²) < 4.78 is 0. The van der Waals surface area contributed by atoms with E-state index in [9.17, 15) is 0 Å². The first-order valence-electron chi connectivity index (χ1n) is 14.9. The first-order valence-corrected chi connectivity index (χ1v) is 14.9. The van der Waals surface area contributed by atoms with E-state index in [1.165, 1.54) is 82.8 Å². The van der Waals surface area contributed by atoms with Gasteiger partial charge >= 0.3 is 0 Å². The Morgan fingerprint density at radius 1 is 0.341 bits per heavy atom. The molecule has 0 atom stereocenters. The Bertz CT molecular complexity index is 1540. The Kier molecular flexibility index (Phi) is 8.14. The molecule has 0 bridgehead atoms. The lowest BCUT2D eigenvalue weighted by Gasteiger charge is -2.29. The molecule has 5 aromatic rings. The number of hydrogen-bond acceptors (Lipinski definition) is 0. The Hall–Kier alpha value is -3.77. The van der Waals surface area contributed by atoms with Crippen molar-refractivity contribution in [3.05, 3.63) is 141 Å². The van der Waals surface area contributed by atoms with E-state index in [1.807, 2.05) is 0 Å². The second kappa shape index (κ2) is 11.6. The summed E-state index contributed by atoms with van der Waals surface area (Å²) >= 11 is 0. The number of hydrogen-bond donors (Lipinski definition) is 0. The largest absolute Gasteiger partial charge is 0.242 e. The zero-order chi connectivity index (χ0) is 29.4. The first-order chi connectivity index (χ1) is 19.6. The van der Waals surface area contributed by atoms with E-state index in [1.54, 1.807) is 0 Å². The Balaban J connectivity index is 1.87. The van der Waals surface area contributed by atoms with E-state index < -0.39 is 0 Å². The van der Waals surface area contributed by atoms with Crippen LogP contribution in [0.15, 0.2) is 91.0 Å². The molecule has 0 radical (unpaired) electrons. The summed E-state index contributed by atoms with van der Waals surface area (Å²) in [5.41, 5.74) is 20.7. The summed E-state index contributed by atoms with van der Waals surface area (Å²) in [6, 6.07) is 34.1. The second-order valence-corrected chi connectivity index (χ2v) is 12.3. The molecule has 0 fully saturated rings. The van der Waals surface area contributed by atoms with Crippen molar-refractivity contribution < 1.29 is 0 Å². The minimum Gasteiger partial charge on any atom is -0.0686 e. The van der Waals surface area contributed by atoms with Gasteiger partial charge in [0.25, 0.3) is 0 Å². The molecule has 0 amide bonds. The number of benzene rings is 5. The molecule has 41 heavy (non-hydrogen) atoms. The Labute approximate surface area is 249 Å². The maximum Gasteiger partial charge on any atom is 0.242 e. The smallest absolute Gasteiger partial charge is 0.0686 e.